The monoisotopic (exact) mass is 478 g/mol. The van der Waals surface area contributed by atoms with Crippen LogP contribution in [0.2, 0.25) is 0 Å². The van der Waals surface area contributed by atoms with Crippen molar-refractivity contribution in [2.45, 2.75) is 37.8 Å². The van der Waals surface area contributed by atoms with Gasteiger partial charge in [-0.3, -0.25) is 9.78 Å². The highest BCUT2D eigenvalue weighted by molar-refractivity contribution is 6.03. The smallest absolute Gasteiger partial charge is 0.274 e. The van der Waals surface area contributed by atoms with E-state index in [0.717, 1.165) is 49.6 Å². The van der Waals surface area contributed by atoms with Crippen LogP contribution in [0.4, 0.5) is 18.9 Å². The molecule has 0 spiro atoms. The minimum absolute atomic E-state index is 0. The second-order valence-electron chi connectivity index (χ2n) is 7.62. The standard InChI is InChI=1S/C23H21F3N4O2.ClH/c24-15-5-2-6-16(25)21(15)22-17(26)7-8-18(29-22)23(31)30-19-12-28-10-9-20(19)32-14-4-1-3-13(27)11-14;/h2,5-10,12-14H,1,3-4,11,27H2,(H,30,31);1H. The fourth-order valence-corrected chi connectivity index (χ4v) is 3.70. The van der Waals surface area contributed by atoms with Gasteiger partial charge in [-0.05, 0) is 49.9 Å². The first-order chi connectivity index (χ1) is 15.4. The molecule has 0 aliphatic heterocycles. The molecule has 33 heavy (non-hydrogen) atoms. The number of nitrogens with one attached hydrogen (secondary N) is 1. The van der Waals surface area contributed by atoms with Gasteiger partial charge >= 0.3 is 0 Å². The van der Waals surface area contributed by atoms with Gasteiger partial charge in [0.15, 0.2) is 0 Å². The highest BCUT2D eigenvalue weighted by Gasteiger charge is 2.23. The molecule has 0 saturated heterocycles. The molecule has 3 N–H and O–H groups in total. The highest BCUT2D eigenvalue weighted by atomic mass is 35.5. The SMILES string of the molecule is Cl.NC1CCCC(Oc2ccncc2NC(=O)c2ccc(F)c(-c3c(F)cccc3F)n2)C1. The van der Waals surface area contributed by atoms with Gasteiger partial charge in [-0.1, -0.05) is 6.07 Å². The largest absolute Gasteiger partial charge is 0.488 e. The van der Waals surface area contributed by atoms with E-state index in [9.17, 15) is 18.0 Å². The quantitative estimate of drug-likeness (QED) is 0.545. The zero-order valence-corrected chi connectivity index (χ0v) is 18.2. The number of aromatic nitrogens is 2. The summed E-state index contributed by atoms with van der Waals surface area (Å²) < 4.78 is 48.6. The lowest BCUT2D eigenvalue weighted by atomic mass is 9.93. The number of ether oxygens (including phenoxy) is 1. The summed E-state index contributed by atoms with van der Waals surface area (Å²) in [5.41, 5.74) is 4.85. The zero-order chi connectivity index (χ0) is 22.7. The Labute approximate surface area is 194 Å². The molecule has 2 heterocycles. The van der Waals surface area contributed by atoms with Gasteiger partial charge < -0.3 is 15.8 Å². The Balaban J connectivity index is 0.00000306. The first-order valence-electron chi connectivity index (χ1n) is 10.2. The minimum Gasteiger partial charge on any atom is -0.488 e. The lowest BCUT2D eigenvalue weighted by Gasteiger charge is -2.28. The number of benzene rings is 1. The summed E-state index contributed by atoms with van der Waals surface area (Å²) in [7, 11) is 0. The number of halogens is 4. The number of hydrogen-bond donors (Lipinski definition) is 2. The van der Waals surface area contributed by atoms with Crippen LogP contribution in [0.25, 0.3) is 11.3 Å². The van der Waals surface area contributed by atoms with Crippen LogP contribution in [0.3, 0.4) is 0 Å². The lowest BCUT2D eigenvalue weighted by Crippen LogP contribution is -2.33. The van der Waals surface area contributed by atoms with Crippen molar-refractivity contribution in [3.05, 3.63) is 71.9 Å². The van der Waals surface area contributed by atoms with Gasteiger partial charge in [0.25, 0.3) is 5.91 Å². The number of nitrogens with two attached hydrogens (primary N) is 1. The van der Waals surface area contributed by atoms with E-state index in [0.29, 0.717) is 17.9 Å². The molecule has 6 nitrogen and oxygen atoms in total. The van der Waals surface area contributed by atoms with Crippen LogP contribution in [-0.2, 0) is 0 Å². The molecule has 4 rings (SSSR count). The van der Waals surface area contributed by atoms with Crippen LogP contribution in [0, 0.1) is 17.5 Å². The van der Waals surface area contributed by atoms with Crippen molar-refractivity contribution < 1.29 is 22.7 Å². The van der Waals surface area contributed by atoms with E-state index in [1.807, 2.05) is 0 Å². The number of carbonyl (C=O) groups is 1. The average molecular weight is 479 g/mol. The Morgan fingerprint density at radius 3 is 2.55 bits per heavy atom. The molecule has 10 heteroatoms. The van der Waals surface area contributed by atoms with Crippen molar-refractivity contribution in [2.24, 2.45) is 5.73 Å². The van der Waals surface area contributed by atoms with Gasteiger partial charge in [0.05, 0.1) is 11.8 Å². The molecular formula is C23H22ClF3N4O2. The molecule has 2 unspecified atom stereocenters. The summed E-state index contributed by atoms with van der Waals surface area (Å²) in [6.07, 6.45) is 6.30. The summed E-state index contributed by atoms with van der Waals surface area (Å²) in [5, 5.41) is 2.62. The first kappa shape index (κ1) is 24.5. The maximum Gasteiger partial charge on any atom is 0.274 e. The average Bonchev–Trinajstić information content (AvgIpc) is 2.76. The van der Waals surface area contributed by atoms with Crippen molar-refractivity contribution in [3.63, 3.8) is 0 Å². The van der Waals surface area contributed by atoms with E-state index >= 15 is 0 Å². The summed E-state index contributed by atoms with van der Waals surface area (Å²) in [5.74, 6) is -3.22. The van der Waals surface area contributed by atoms with Crippen molar-refractivity contribution >= 4 is 24.0 Å². The predicted molar refractivity (Wildman–Crippen MR) is 120 cm³/mol. The fourth-order valence-electron chi connectivity index (χ4n) is 3.70. The van der Waals surface area contributed by atoms with E-state index < -0.39 is 34.6 Å². The number of carbonyl (C=O) groups excluding carboxylic acids is 1. The van der Waals surface area contributed by atoms with Crippen LogP contribution >= 0.6 is 12.4 Å². The highest BCUT2D eigenvalue weighted by Crippen LogP contribution is 2.30. The lowest BCUT2D eigenvalue weighted by molar-refractivity contribution is 0.102. The van der Waals surface area contributed by atoms with Crippen LogP contribution in [0.5, 0.6) is 5.75 Å². The van der Waals surface area contributed by atoms with Crippen molar-refractivity contribution in [2.75, 3.05) is 5.32 Å². The van der Waals surface area contributed by atoms with Crippen LogP contribution in [0.15, 0.2) is 48.8 Å². The molecule has 1 fully saturated rings. The van der Waals surface area contributed by atoms with Gasteiger partial charge in [0.1, 0.15) is 46.4 Å². The molecule has 1 aliphatic rings. The fraction of sp³-hybridized carbons (Fsp3) is 0.261. The normalized spacial score (nSPS) is 17.7. The summed E-state index contributed by atoms with van der Waals surface area (Å²) in [6.45, 7) is 0. The Morgan fingerprint density at radius 2 is 1.82 bits per heavy atom. The first-order valence-corrected chi connectivity index (χ1v) is 10.2. The maximum atomic E-state index is 14.3. The minimum atomic E-state index is -0.984. The van der Waals surface area contributed by atoms with Crippen LogP contribution in [0.1, 0.15) is 36.2 Å². The summed E-state index contributed by atoms with van der Waals surface area (Å²) in [4.78, 5) is 20.7. The maximum absolute atomic E-state index is 14.3. The van der Waals surface area contributed by atoms with E-state index in [-0.39, 0.29) is 30.2 Å². The molecule has 1 aromatic carbocycles. The number of hydrogen-bond acceptors (Lipinski definition) is 5. The number of amides is 1. The second-order valence-corrected chi connectivity index (χ2v) is 7.62. The van der Waals surface area contributed by atoms with Crippen LogP contribution < -0.4 is 15.8 Å². The molecule has 1 amide bonds. The van der Waals surface area contributed by atoms with E-state index in [4.69, 9.17) is 10.5 Å². The second kappa shape index (κ2) is 10.6. The van der Waals surface area contributed by atoms with Gasteiger partial charge in [0, 0.05) is 18.3 Å². The van der Waals surface area contributed by atoms with Crippen molar-refractivity contribution in [3.8, 4) is 17.0 Å². The van der Waals surface area contributed by atoms with Crippen LogP contribution in [-0.4, -0.2) is 28.0 Å². The number of nitrogens with zero attached hydrogens (tertiary/aromatic N) is 2. The topological polar surface area (TPSA) is 90.1 Å². The van der Waals surface area contributed by atoms with Gasteiger partial charge in [0.2, 0.25) is 0 Å². The molecule has 2 atom stereocenters. The third kappa shape index (κ3) is 5.61. The molecule has 0 radical (unpaired) electrons. The molecule has 0 bridgehead atoms. The third-order valence-electron chi connectivity index (χ3n) is 5.27. The third-order valence-corrected chi connectivity index (χ3v) is 5.27. The Morgan fingerprint density at radius 1 is 1.06 bits per heavy atom. The van der Waals surface area contributed by atoms with Crippen molar-refractivity contribution in [1.82, 2.24) is 9.97 Å². The number of anilines is 1. The van der Waals surface area contributed by atoms with Crippen molar-refractivity contribution in [1.29, 1.82) is 0 Å². The zero-order valence-electron chi connectivity index (χ0n) is 17.4. The van der Waals surface area contributed by atoms with Gasteiger partial charge in [-0.15, -0.1) is 12.4 Å². The Bertz CT molecular complexity index is 1130. The molecule has 1 aliphatic carbocycles. The Kier molecular flexibility index (Phi) is 7.88. The van der Waals surface area contributed by atoms with Gasteiger partial charge in [-0.2, -0.15) is 0 Å². The predicted octanol–water partition coefficient (Wildman–Crippen LogP) is 4.88. The van der Waals surface area contributed by atoms with Gasteiger partial charge in [-0.25, -0.2) is 18.2 Å². The molecule has 2 aromatic heterocycles. The molecular weight excluding hydrogens is 457 g/mol. The number of pyridine rings is 2. The van der Waals surface area contributed by atoms with E-state index in [1.165, 1.54) is 12.4 Å². The molecule has 1 saturated carbocycles. The summed E-state index contributed by atoms with van der Waals surface area (Å²) >= 11 is 0. The number of rotatable bonds is 5. The molecule has 174 valence electrons. The van der Waals surface area contributed by atoms with E-state index in [2.05, 4.69) is 15.3 Å². The molecule has 3 aromatic rings. The summed E-state index contributed by atoms with van der Waals surface area (Å²) in [6, 6.07) is 6.89. The van der Waals surface area contributed by atoms with E-state index in [1.54, 1.807) is 6.07 Å². The Hall–Kier alpha value is -3.17.